The quantitative estimate of drug-likeness (QED) is 0.544. The first-order valence-corrected chi connectivity index (χ1v) is 15.7. The highest BCUT2D eigenvalue weighted by Gasteiger charge is 2.62. The predicted molar refractivity (Wildman–Crippen MR) is 150 cm³/mol. The number of ketones is 1. The third-order valence-electron chi connectivity index (χ3n) is 10.1. The van der Waals surface area contributed by atoms with Crippen LogP contribution >= 0.6 is 0 Å². The van der Waals surface area contributed by atoms with Crippen molar-refractivity contribution in [3.8, 4) is 11.8 Å². The number of fused-ring (bicyclic) bond motifs is 4. The summed E-state index contributed by atoms with van der Waals surface area (Å²) in [5, 5.41) is 11.8. The van der Waals surface area contributed by atoms with Crippen molar-refractivity contribution in [3.05, 3.63) is 52.6 Å². The molecule has 5 aliphatic rings. The average Bonchev–Trinajstić information content (AvgIpc) is 3.18. The van der Waals surface area contributed by atoms with Crippen LogP contribution in [0.4, 0.5) is 5.69 Å². The number of aliphatic hydroxyl groups is 1. The molecule has 2 saturated carbocycles. The molecular weight excluding hydrogens is 512 g/mol. The summed E-state index contributed by atoms with van der Waals surface area (Å²) in [7, 11) is -3.65. The van der Waals surface area contributed by atoms with Crippen molar-refractivity contribution in [2.24, 2.45) is 17.3 Å². The van der Waals surface area contributed by atoms with Gasteiger partial charge in [0.25, 0.3) is 0 Å². The van der Waals surface area contributed by atoms with E-state index in [1.165, 1.54) is 21.0 Å². The molecule has 5 atom stereocenters. The number of rotatable bonds is 4. The van der Waals surface area contributed by atoms with Crippen LogP contribution in [0.3, 0.4) is 0 Å². The minimum absolute atomic E-state index is 0.0799. The minimum atomic E-state index is -3.65. The zero-order valence-corrected chi connectivity index (χ0v) is 23.6. The molecule has 7 nitrogen and oxygen atoms in total. The Kier molecular flexibility index (Phi) is 6.78. The van der Waals surface area contributed by atoms with Gasteiger partial charge in [-0.05, 0) is 92.2 Å². The molecule has 0 aromatic heterocycles. The van der Waals surface area contributed by atoms with E-state index in [2.05, 4.69) is 23.5 Å². The molecule has 1 saturated heterocycles. The van der Waals surface area contributed by atoms with Crippen LogP contribution in [0.25, 0.3) is 0 Å². The van der Waals surface area contributed by atoms with Gasteiger partial charge in [-0.1, -0.05) is 30.6 Å². The Labute approximate surface area is 231 Å². The standard InChI is InChI=1S/C31H38N2O5S/c1-3-13-31(35)14-12-28-26-10-6-22-19-24(34)9-11-25(22)29(26)27(20-30(28,31)2)21-4-7-23(8-5-21)32-39(36,37)33-15-17-38-18-16-33/h4-5,7-8,19,26-28,32,35H,6,9-12,14-18,20H2,1-2H3/t26-,27+,28-,30-,31-/m0/s1. The van der Waals surface area contributed by atoms with E-state index in [1.807, 2.05) is 30.3 Å². The Morgan fingerprint density at radius 1 is 1.10 bits per heavy atom. The van der Waals surface area contributed by atoms with E-state index in [4.69, 9.17) is 4.74 Å². The maximum Gasteiger partial charge on any atom is 0.301 e. The Balaban J connectivity index is 1.38. The molecule has 0 amide bonds. The Hall–Kier alpha value is -2.44. The van der Waals surface area contributed by atoms with Gasteiger partial charge >= 0.3 is 10.2 Å². The number of carbonyl (C=O) groups excluding carboxylic acids is 1. The van der Waals surface area contributed by atoms with Crippen molar-refractivity contribution in [1.82, 2.24) is 4.31 Å². The fourth-order valence-corrected chi connectivity index (χ4v) is 9.35. The van der Waals surface area contributed by atoms with Crippen LogP contribution < -0.4 is 4.72 Å². The van der Waals surface area contributed by atoms with Crippen LogP contribution in [0.15, 0.2) is 47.1 Å². The Bertz CT molecular complexity index is 1400. The summed E-state index contributed by atoms with van der Waals surface area (Å²) in [6.07, 6.45) is 7.52. The number of hydrogen-bond donors (Lipinski definition) is 2. The first-order chi connectivity index (χ1) is 18.6. The number of hydrogen-bond acceptors (Lipinski definition) is 5. The molecular formula is C31H38N2O5S. The maximum atomic E-state index is 12.9. The summed E-state index contributed by atoms with van der Waals surface area (Å²) < 4.78 is 35.2. The molecule has 0 bridgehead atoms. The first-order valence-electron chi connectivity index (χ1n) is 14.2. The SMILES string of the molecule is CC#C[C@]1(O)CC[C@H]2[C@@H]3CCC4=CC(=O)CCC4=C3[C@@H](c3ccc(NS(=O)(=O)N4CCOCC4)cc3)C[C@@]21C. The fraction of sp³-hybridized carbons (Fsp3) is 0.581. The van der Waals surface area contributed by atoms with E-state index >= 15 is 0 Å². The topological polar surface area (TPSA) is 95.9 Å². The summed E-state index contributed by atoms with van der Waals surface area (Å²) >= 11 is 0. The second-order valence-electron chi connectivity index (χ2n) is 12.0. The van der Waals surface area contributed by atoms with E-state index in [-0.39, 0.29) is 17.1 Å². The molecule has 39 heavy (non-hydrogen) atoms. The van der Waals surface area contributed by atoms with Crippen molar-refractivity contribution >= 4 is 21.7 Å². The number of nitrogens with one attached hydrogen (secondary N) is 1. The largest absolute Gasteiger partial charge is 0.379 e. The van der Waals surface area contributed by atoms with Crippen molar-refractivity contribution in [3.63, 3.8) is 0 Å². The second-order valence-corrected chi connectivity index (χ2v) is 13.7. The van der Waals surface area contributed by atoms with Crippen molar-refractivity contribution in [2.75, 3.05) is 31.0 Å². The summed E-state index contributed by atoms with van der Waals surface area (Å²) in [5.41, 5.74) is 4.27. The summed E-state index contributed by atoms with van der Waals surface area (Å²) in [6.45, 7) is 5.51. The third kappa shape index (κ3) is 4.48. The number of allylic oxidation sites excluding steroid dienone is 4. The molecule has 6 rings (SSSR count). The Morgan fingerprint density at radius 3 is 2.56 bits per heavy atom. The van der Waals surface area contributed by atoms with Crippen LogP contribution in [0.5, 0.6) is 0 Å². The van der Waals surface area contributed by atoms with E-state index in [9.17, 15) is 18.3 Å². The lowest BCUT2D eigenvalue weighted by molar-refractivity contribution is -0.114. The van der Waals surface area contributed by atoms with Gasteiger partial charge in [0.05, 0.1) is 13.2 Å². The smallest absolute Gasteiger partial charge is 0.301 e. The van der Waals surface area contributed by atoms with Crippen LogP contribution in [0, 0.1) is 29.1 Å². The van der Waals surface area contributed by atoms with Gasteiger partial charge in [0.15, 0.2) is 5.78 Å². The van der Waals surface area contributed by atoms with E-state index in [0.29, 0.717) is 56.7 Å². The average molecular weight is 551 g/mol. The molecule has 1 heterocycles. The van der Waals surface area contributed by atoms with Gasteiger partial charge in [0.1, 0.15) is 5.60 Å². The lowest BCUT2D eigenvalue weighted by Crippen LogP contribution is -2.51. The number of benzene rings is 1. The fourth-order valence-electron chi connectivity index (χ4n) is 8.16. The maximum absolute atomic E-state index is 12.9. The van der Waals surface area contributed by atoms with Gasteiger partial charge in [-0.25, -0.2) is 0 Å². The van der Waals surface area contributed by atoms with Crippen LogP contribution in [0.1, 0.15) is 70.3 Å². The lowest BCUT2D eigenvalue weighted by atomic mass is 9.51. The summed E-state index contributed by atoms with van der Waals surface area (Å²) in [5.74, 6) is 7.20. The molecule has 1 aliphatic heterocycles. The van der Waals surface area contributed by atoms with Gasteiger partial charge in [-0.2, -0.15) is 12.7 Å². The van der Waals surface area contributed by atoms with Gasteiger partial charge in [-0.3, -0.25) is 9.52 Å². The van der Waals surface area contributed by atoms with Gasteiger partial charge in [-0.15, -0.1) is 5.92 Å². The van der Waals surface area contributed by atoms with E-state index in [0.717, 1.165) is 37.7 Å². The Morgan fingerprint density at radius 2 is 1.85 bits per heavy atom. The van der Waals surface area contributed by atoms with Crippen molar-refractivity contribution in [1.29, 1.82) is 0 Å². The van der Waals surface area contributed by atoms with Gasteiger partial charge in [0, 0.05) is 36.5 Å². The monoisotopic (exact) mass is 550 g/mol. The van der Waals surface area contributed by atoms with Crippen molar-refractivity contribution < 1.29 is 23.1 Å². The number of carbonyl (C=O) groups is 1. The highest BCUT2D eigenvalue weighted by atomic mass is 32.2. The minimum Gasteiger partial charge on any atom is -0.379 e. The number of nitrogens with zero attached hydrogens (tertiary/aromatic N) is 1. The normalized spacial score (nSPS) is 34.8. The molecule has 0 spiro atoms. The summed E-state index contributed by atoms with van der Waals surface area (Å²) in [4.78, 5) is 12.3. The third-order valence-corrected chi connectivity index (χ3v) is 11.6. The van der Waals surface area contributed by atoms with Gasteiger partial charge in [0.2, 0.25) is 0 Å². The van der Waals surface area contributed by atoms with Gasteiger partial charge < -0.3 is 9.84 Å². The van der Waals surface area contributed by atoms with E-state index < -0.39 is 15.8 Å². The molecule has 8 heteroatoms. The molecule has 1 aromatic rings. The number of anilines is 1. The van der Waals surface area contributed by atoms with Crippen LogP contribution in [-0.2, 0) is 19.7 Å². The highest BCUT2D eigenvalue weighted by molar-refractivity contribution is 7.90. The molecule has 1 aromatic carbocycles. The predicted octanol–water partition coefficient (Wildman–Crippen LogP) is 4.33. The molecule has 4 aliphatic carbocycles. The zero-order valence-electron chi connectivity index (χ0n) is 22.8. The molecule has 2 N–H and O–H groups in total. The lowest BCUT2D eigenvalue weighted by Gasteiger charge is -2.53. The zero-order chi connectivity index (χ0) is 27.4. The van der Waals surface area contributed by atoms with Crippen LogP contribution in [0.2, 0.25) is 0 Å². The number of morpholine rings is 1. The van der Waals surface area contributed by atoms with E-state index in [1.54, 1.807) is 6.92 Å². The highest BCUT2D eigenvalue weighted by Crippen LogP contribution is 2.66. The summed E-state index contributed by atoms with van der Waals surface area (Å²) in [6, 6.07) is 7.75. The molecule has 208 valence electrons. The first kappa shape index (κ1) is 26.8. The molecule has 0 radical (unpaired) electrons. The molecule has 0 unspecified atom stereocenters. The van der Waals surface area contributed by atoms with Crippen LogP contribution in [-0.4, -0.2) is 55.5 Å². The molecule has 3 fully saturated rings. The number of ether oxygens (including phenoxy) is 1. The van der Waals surface area contributed by atoms with Crippen molar-refractivity contribution in [2.45, 2.75) is 70.3 Å². The second kappa shape index (κ2) is 9.88.